The van der Waals surface area contributed by atoms with Gasteiger partial charge in [-0.25, -0.2) is 4.39 Å². The normalized spacial score (nSPS) is 9.12. The van der Waals surface area contributed by atoms with Crippen LogP contribution in [0.1, 0.15) is 25.0 Å². The van der Waals surface area contributed by atoms with Crippen LogP contribution in [0.25, 0.3) is 11.3 Å². The first kappa shape index (κ1) is 12.9. The molecule has 1 aromatic carbocycles. The molecule has 0 saturated heterocycles. The monoisotopic (exact) mass is 231 g/mol. The quantitative estimate of drug-likeness (QED) is 0.817. The van der Waals surface area contributed by atoms with Crippen LogP contribution in [-0.2, 0) is 0 Å². The van der Waals surface area contributed by atoms with Gasteiger partial charge < -0.3 is 0 Å². The number of benzene rings is 1. The van der Waals surface area contributed by atoms with E-state index in [1.54, 1.807) is 18.3 Å². The Kier molecular flexibility index (Phi) is 4.41. The number of rotatable bonds is 1. The fraction of sp³-hybridized carbons (Fsp3) is 0.231. The van der Waals surface area contributed by atoms with Gasteiger partial charge in [0.05, 0.1) is 17.5 Å². The standard InChI is InChI=1S/C11H8FN3.C2H6/c1-7-6-14-15-11(7)9-4-2-3-8(5-13)10(9)12;1-2/h2-4,6H,1H3,(H,14,15);1-2H3. The van der Waals surface area contributed by atoms with Crippen LogP contribution >= 0.6 is 0 Å². The second-order valence-electron chi connectivity index (χ2n) is 3.21. The molecule has 2 aromatic rings. The Labute approximate surface area is 99.9 Å². The largest absolute Gasteiger partial charge is 0.277 e. The molecule has 1 N–H and O–H groups in total. The molecule has 17 heavy (non-hydrogen) atoms. The van der Waals surface area contributed by atoms with E-state index in [4.69, 9.17) is 5.26 Å². The number of aromatic nitrogens is 2. The van der Waals surface area contributed by atoms with E-state index in [1.807, 2.05) is 26.8 Å². The van der Waals surface area contributed by atoms with Gasteiger partial charge in [0.2, 0.25) is 0 Å². The minimum Gasteiger partial charge on any atom is -0.277 e. The van der Waals surface area contributed by atoms with Crippen molar-refractivity contribution < 1.29 is 4.39 Å². The molecule has 88 valence electrons. The Balaban J connectivity index is 0.000000686. The maximum Gasteiger partial charge on any atom is 0.150 e. The van der Waals surface area contributed by atoms with Crippen LogP contribution in [-0.4, -0.2) is 10.2 Å². The predicted octanol–water partition coefficient (Wildman–Crippen LogP) is 3.42. The molecule has 0 saturated carbocycles. The van der Waals surface area contributed by atoms with Crippen molar-refractivity contribution in [1.82, 2.24) is 10.2 Å². The molecule has 3 nitrogen and oxygen atoms in total. The highest BCUT2D eigenvalue weighted by Crippen LogP contribution is 2.25. The first-order valence-corrected chi connectivity index (χ1v) is 5.43. The average molecular weight is 231 g/mol. The summed E-state index contributed by atoms with van der Waals surface area (Å²) in [5.41, 5.74) is 1.89. The molecule has 0 bridgehead atoms. The predicted molar refractivity (Wildman–Crippen MR) is 64.8 cm³/mol. The number of aryl methyl sites for hydroxylation is 1. The molecule has 0 atom stereocenters. The molecule has 0 amide bonds. The van der Waals surface area contributed by atoms with Crippen LogP contribution in [0, 0.1) is 24.1 Å². The van der Waals surface area contributed by atoms with E-state index in [9.17, 15) is 4.39 Å². The molecular formula is C13H14FN3. The van der Waals surface area contributed by atoms with Crippen molar-refractivity contribution in [3.05, 3.63) is 41.3 Å². The molecular weight excluding hydrogens is 217 g/mol. The van der Waals surface area contributed by atoms with E-state index in [1.165, 1.54) is 6.07 Å². The van der Waals surface area contributed by atoms with Crippen molar-refractivity contribution in [3.63, 3.8) is 0 Å². The maximum absolute atomic E-state index is 13.7. The lowest BCUT2D eigenvalue weighted by molar-refractivity contribution is 0.626. The first-order valence-electron chi connectivity index (χ1n) is 5.43. The molecule has 1 heterocycles. The number of H-pyrrole nitrogens is 1. The van der Waals surface area contributed by atoms with Crippen LogP contribution in [0.15, 0.2) is 24.4 Å². The highest BCUT2D eigenvalue weighted by molar-refractivity contribution is 5.65. The summed E-state index contributed by atoms with van der Waals surface area (Å²) in [4.78, 5) is 0. The summed E-state index contributed by atoms with van der Waals surface area (Å²) in [6.07, 6.45) is 1.62. The van der Waals surface area contributed by atoms with Crippen LogP contribution in [0.2, 0.25) is 0 Å². The van der Waals surface area contributed by atoms with Gasteiger partial charge in [-0.1, -0.05) is 19.9 Å². The molecule has 0 aliphatic rings. The number of nitriles is 1. The van der Waals surface area contributed by atoms with E-state index >= 15 is 0 Å². The number of nitrogens with zero attached hydrogens (tertiary/aromatic N) is 2. The van der Waals surface area contributed by atoms with Crippen molar-refractivity contribution in [2.75, 3.05) is 0 Å². The van der Waals surface area contributed by atoms with E-state index in [-0.39, 0.29) is 5.56 Å². The summed E-state index contributed by atoms with van der Waals surface area (Å²) in [6, 6.07) is 6.53. The van der Waals surface area contributed by atoms with Gasteiger partial charge in [-0.15, -0.1) is 0 Å². The zero-order chi connectivity index (χ0) is 12.8. The van der Waals surface area contributed by atoms with Crippen molar-refractivity contribution in [2.24, 2.45) is 0 Å². The lowest BCUT2D eigenvalue weighted by Gasteiger charge is -2.02. The molecule has 0 aliphatic carbocycles. The molecule has 0 fully saturated rings. The third-order valence-electron chi connectivity index (χ3n) is 2.22. The lowest BCUT2D eigenvalue weighted by atomic mass is 10.1. The van der Waals surface area contributed by atoms with E-state index in [2.05, 4.69) is 10.2 Å². The summed E-state index contributed by atoms with van der Waals surface area (Å²) >= 11 is 0. The van der Waals surface area contributed by atoms with Gasteiger partial charge >= 0.3 is 0 Å². The van der Waals surface area contributed by atoms with Crippen molar-refractivity contribution in [1.29, 1.82) is 5.26 Å². The number of aromatic amines is 1. The minimum atomic E-state index is -0.507. The molecule has 0 radical (unpaired) electrons. The summed E-state index contributed by atoms with van der Waals surface area (Å²) < 4.78 is 13.7. The maximum atomic E-state index is 13.7. The molecule has 0 spiro atoms. The number of nitrogens with one attached hydrogen (secondary N) is 1. The third-order valence-corrected chi connectivity index (χ3v) is 2.22. The number of hydrogen-bond acceptors (Lipinski definition) is 2. The first-order chi connectivity index (χ1) is 8.24. The lowest BCUT2D eigenvalue weighted by Crippen LogP contribution is -1.90. The van der Waals surface area contributed by atoms with Gasteiger partial charge in [0.15, 0.2) is 0 Å². The number of hydrogen-bond donors (Lipinski definition) is 1. The van der Waals surface area contributed by atoms with Crippen molar-refractivity contribution in [3.8, 4) is 17.3 Å². The second kappa shape index (κ2) is 5.80. The van der Waals surface area contributed by atoms with E-state index in [0.717, 1.165) is 5.56 Å². The molecule has 2 rings (SSSR count). The average Bonchev–Trinajstić information content (AvgIpc) is 2.78. The van der Waals surface area contributed by atoms with Gasteiger partial charge in [0.1, 0.15) is 11.9 Å². The van der Waals surface area contributed by atoms with Crippen molar-refractivity contribution in [2.45, 2.75) is 20.8 Å². The van der Waals surface area contributed by atoms with Crippen LogP contribution in [0.3, 0.4) is 0 Å². The zero-order valence-corrected chi connectivity index (χ0v) is 10.1. The molecule has 0 unspecified atom stereocenters. The van der Waals surface area contributed by atoms with Gasteiger partial charge in [0.25, 0.3) is 0 Å². The Morgan fingerprint density at radius 3 is 2.59 bits per heavy atom. The Morgan fingerprint density at radius 2 is 2.06 bits per heavy atom. The highest BCUT2D eigenvalue weighted by atomic mass is 19.1. The van der Waals surface area contributed by atoms with Crippen molar-refractivity contribution >= 4 is 0 Å². The summed E-state index contributed by atoms with van der Waals surface area (Å²) in [6.45, 7) is 5.83. The Bertz CT molecular complexity index is 538. The Hall–Kier alpha value is -2.15. The van der Waals surface area contributed by atoms with Gasteiger partial charge in [-0.2, -0.15) is 10.4 Å². The van der Waals surface area contributed by atoms with Gasteiger partial charge in [-0.3, -0.25) is 5.10 Å². The van der Waals surface area contributed by atoms with Gasteiger partial charge in [0, 0.05) is 5.56 Å². The molecule has 1 aromatic heterocycles. The van der Waals surface area contributed by atoms with E-state index < -0.39 is 5.82 Å². The number of halogens is 1. The smallest absolute Gasteiger partial charge is 0.150 e. The SMILES string of the molecule is CC.Cc1cn[nH]c1-c1cccc(C#N)c1F. The zero-order valence-electron chi connectivity index (χ0n) is 10.1. The van der Waals surface area contributed by atoms with Crippen LogP contribution < -0.4 is 0 Å². The topological polar surface area (TPSA) is 52.5 Å². The summed E-state index contributed by atoms with van der Waals surface area (Å²) in [5, 5.41) is 15.2. The molecule has 4 heteroatoms. The third kappa shape index (κ3) is 2.51. The minimum absolute atomic E-state index is 0.0431. The van der Waals surface area contributed by atoms with Crippen LogP contribution in [0.4, 0.5) is 4.39 Å². The van der Waals surface area contributed by atoms with E-state index in [0.29, 0.717) is 11.3 Å². The fourth-order valence-corrected chi connectivity index (χ4v) is 1.43. The second-order valence-corrected chi connectivity index (χ2v) is 3.21. The summed E-state index contributed by atoms with van der Waals surface area (Å²) in [7, 11) is 0. The summed E-state index contributed by atoms with van der Waals surface area (Å²) in [5.74, 6) is -0.507. The Morgan fingerprint density at radius 1 is 1.35 bits per heavy atom. The highest BCUT2D eigenvalue weighted by Gasteiger charge is 2.12. The van der Waals surface area contributed by atoms with Crippen LogP contribution in [0.5, 0.6) is 0 Å². The fourth-order valence-electron chi connectivity index (χ4n) is 1.43. The van der Waals surface area contributed by atoms with Gasteiger partial charge in [-0.05, 0) is 24.6 Å². The molecule has 0 aliphatic heterocycles.